The van der Waals surface area contributed by atoms with Crippen molar-refractivity contribution >= 4 is 6.08 Å². The molecular formula is C9H8N2. The van der Waals surface area contributed by atoms with Crippen molar-refractivity contribution in [1.82, 2.24) is 4.98 Å². The fraction of sp³-hybridized carbons (Fsp3) is 0.111. The summed E-state index contributed by atoms with van der Waals surface area (Å²) < 4.78 is 0. The summed E-state index contributed by atoms with van der Waals surface area (Å²) in [5.74, 6) is 0. The number of rotatable bonds is 1. The molecule has 0 unspecified atom stereocenters. The van der Waals surface area contributed by atoms with Crippen molar-refractivity contribution in [2.24, 2.45) is 0 Å². The molecule has 2 heteroatoms. The third-order valence-electron chi connectivity index (χ3n) is 1.27. The van der Waals surface area contributed by atoms with E-state index in [4.69, 9.17) is 5.26 Å². The van der Waals surface area contributed by atoms with Gasteiger partial charge in [-0.15, -0.1) is 0 Å². The largest absolute Gasteiger partial charge is 0.262 e. The molecule has 0 aliphatic carbocycles. The molecular weight excluding hydrogens is 136 g/mol. The molecule has 0 bridgehead atoms. The zero-order chi connectivity index (χ0) is 8.10. The minimum atomic E-state index is 0.963. The zero-order valence-corrected chi connectivity index (χ0v) is 6.28. The molecule has 0 saturated heterocycles. The van der Waals surface area contributed by atoms with Gasteiger partial charge in [0.25, 0.3) is 0 Å². The highest BCUT2D eigenvalue weighted by atomic mass is 14.6. The molecule has 0 radical (unpaired) electrons. The Labute approximate surface area is 65.8 Å². The Kier molecular flexibility index (Phi) is 2.40. The summed E-state index contributed by atoms with van der Waals surface area (Å²) in [7, 11) is 0. The van der Waals surface area contributed by atoms with E-state index in [1.807, 2.05) is 25.1 Å². The summed E-state index contributed by atoms with van der Waals surface area (Å²) in [4.78, 5) is 4.03. The summed E-state index contributed by atoms with van der Waals surface area (Å²) >= 11 is 0. The standard InChI is InChI=1S/C9H8N2/c1-8-7-9(3-2-5-10)4-6-11-8/h2-4,6-7H,1H3/b3-2-. The van der Waals surface area contributed by atoms with Gasteiger partial charge >= 0.3 is 0 Å². The third-order valence-corrected chi connectivity index (χ3v) is 1.27. The first kappa shape index (κ1) is 7.49. The third kappa shape index (κ3) is 2.23. The Bertz CT molecular complexity index is 308. The van der Waals surface area contributed by atoms with E-state index in [1.54, 1.807) is 12.3 Å². The lowest BCUT2D eigenvalue weighted by Gasteiger charge is -1.92. The minimum Gasteiger partial charge on any atom is -0.262 e. The van der Waals surface area contributed by atoms with Crippen molar-refractivity contribution in [2.45, 2.75) is 6.92 Å². The van der Waals surface area contributed by atoms with E-state index < -0.39 is 0 Å². The summed E-state index contributed by atoms with van der Waals surface area (Å²) in [6, 6.07) is 5.72. The van der Waals surface area contributed by atoms with Gasteiger partial charge in [-0.25, -0.2) is 0 Å². The van der Waals surface area contributed by atoms with Gasteiger partial charge < -0.3 is 0 Å². The van der Waals surface area contributed by atoms with E-state index in [-0.39, 0.29) is 0 Å². The minimum absolute atomic E-state index is 0.963. The summed E-state index contributed by atoms with van der Waals surface area (Å²) in [5, 5.41) is 8.24. The van der Waals surface area contributed by atoms with E-state index in [0.29, 0.717) is 0 Å². The SMILES string of the molecule is Cc1cc(/C=C\C#N)ccn1. The Balaban J connectivity index is 2.90. The fourth-order valence-corrected chi connectivity index (χ4v) is 0.805. The van der Waals surface area contributed by atoms with E-state index in [1.165, 1.54) is 6.08 Å². The number of nitriles is 1. The highest BCUT2D eigenvalue weighted by Gasteiger charge is 1.86. The molecule has 0 saturated carbocycles. The Morgan fingerprint density at radius 1 is 1.64 bits per heavy atom. The maximum Gasteiger partial charge on any atom is 0.0912 e. The molecule has 0 aliphatic rings. The quantitative estimate of drug-likeness (QED) is 0.564. The lowest BCUT2D eigenvalue weighted by atomic mass is 10.2. The molecule has 2 nitrogen and oxygen atoms in total. The van der Waals surface area contributed by atoms with Gasteiger partial charge in [-0.05, 0) is 30.7 Å². The number of allylic oxidation sites excluding steroid dienone is 1. The molecule has 1 aromatic heterocycles. The van der Waals surface area contributed by atoms with Crippen molar-refractivity contribution in [3.8, 4) is 6.07 Å². The molecule has 1 heterocycles. The fourth-order valence-electron chi connectivity index (χ4n) is 0.805. The number of aryl methyl sites for hydroxylation is 1. The van der Waals surface area contributed by atoms with Gasteiger partial charge in [0.05, 0.1) is 6.07 Å². The number of hydrogen-bond donors (Lipinski definition) is 0. The first-order chi connectivity index (χ1) is 5.33. The molecule has 54 valence electrons. The molecule has 0 N–H and O–H groups in total. The lowest BCUT2D eigenvalue weighted by molar-refractivity contribution is 1.20. The Hall–Kier alpha value is -1.62. The second-order valence-electron chi connectivity index (χ2n) is 2.19. The first-order valence-corrected chi connectivity index (χ1v) is 3.32. The van der Waals surface area contributed by atoms with Crippen LogP contribution in [0.3, 0.4) is 0 Å². The van der Waals surface area contributed by atoms with Gasteiger partial charge in [0, 0.05) is 18.0 Å². The van der Waals surface area contributed by atoms with Crippen molar-refractivity contribution in [3.63, 3.8) is 0 Å². The van der Waals surface area contributed by atoms with E-state index in [0.717, 1.165) is 11.3 Å². The van der Waals surface area contributed by atoms with Crippen LogP contribution >= 0.6 is 0 Å². The number of aromatic nitrogens is 1. The second-order valence-corrected chi connectivity index (χ2v) is 2.19. The van der Waals surface area contributed by atoms with E-state index in [2.05, 4.69) is 4.98 Å². The van der Waals surface area contributed by atoms with Crippen LogP contribution in [0.2, 0.25) is 0 Å². The van der Waals surface area contributed by atoms with Crippen LogP contribution in [0.4, 0.5) is 0 Å². The summed E-state index contributed by atoms with van der Waals surface area (Å²) in [5.41, 5.74) is 1.98. The molecule has 0 aliphatic heterocycles. The second kappa shape index (κ2) is 3.52. The van der Waals surface area contributed by atoms with Crippen molar-refractivity contribution < 1.29 is 0 Å². The molecule has 0 spiro atoms. The topological polar surface area (TPSA) is 36.7 Å². The maximum absolute atomic E-state index is 8.24. The van der Waals surface area contributed by atoms with Gasteiger partial charge in [-0.3, -0.25) is 4.98 Å². The predicted molar refractivity (Wildman–Crippen MR) is 43.6 cm³/mol. The van der Waals surface area contributed by atoms with Crippen LogP contribution in [0.1, 0.15) is 11.3 Å². The molecule has 0 amide bonds. The maximum atomic E-state index is 8.24. The molecule has 11 heavy (non-hydrogen) atoms. The lowest BCUT2D eigenvalue weighted by Crippen LogP contribution is -1.79. The molecule has 0 aromatic carbocycles. The zero-order valence-electron chi connectivity index (χ0n) is 6.28. The average Bonchev–Trinajstić information content (AvgIpc) is 2.01. The van der Waals surface area contributed by atoms with Crippen molar-refractivity contribution in [3.05, 3.63) is 35.7 Å². The molecule has 0 fully saturated rings. The van der Waals surface area contributed by atoms with Crippen LogP contribution in [-0.4, -0.2) is 4.98 Å². The highest BCUT2D eigenvalue weighted by Crippen LogP contribution is 2.01. The van der Waals surface area contributed by atoms with Crippen LogP contribution in [-0.2, 0) is 0 Å². The summed E-state index contributed by atoms with van der Waals surface area (Å²) in [6.45, 7) is 1.92. The number of hydrogen-bond acceptors (Lipinski definition) is 2. The van der Waals surface area contributed by atoms with Crippen molar-refractivity contribution in [1.29, 1.82) is 5.26 Å². The predicted octanol–water partition coefficient (Wildman–Crippen LogP) is 1.93. The van der Waals surface area contributed by atoms with Gasteiger partial charge in [0.2, 0.25) is 0 Å². The van der Waals surface area contributed by atoms with Crippen LogP contribution in [0.5, 0.6) is 0 Å². The smallest absolute Gasteiger partial charge is 0.0912 e. The normalized spacial score (nSPS) is 9.82. The van der Waals surface area contributed by atoms with E-state index >= 15 is 0 Å². The van der Waals surface area contributed by atoms with Gasteiger partial charge in [-0.1, -0.05) is 0 Å². The molecule has 0 atom stereocenters. The molecule has 1 aromatic rings. The summed E-state index contributed by atoms with van der Waals surface area (Å²) in [6.07, 6.45) is 4.94. The van der Waals surface area contributed by atoms with Crippen LogP contribution in [0.25, 0.3) is 6.08 Å². The monoisotopic (exact) mass is 144 g/mol. The highest BCUT2D eigenvalue weighted by molar-refractivity contribution is 5.51. The van der Waals surface area contributed by atoms with Crippen LogP contribution in [0.15, 0.2) is 24.4 Å². The molecule has 1 rings (SSSR count). The van der Waals surface area contributed by atoms with Gasteiger partial charge in [-0.2, -0.15) is 5.26 Å². The van der Waals surface area contributed by atoms with Gasteiger partial charge in [0.1, 0.15) is 0 Å². The number of pyridine rings is 1. The van der Waals surface area contributed by atoms with Crippen LogP contribution < -0.4 is 0 Å². The van der Waals surface area contributed by atoms with Gasteiger partial charge in [0.15, 0.2) is 0 Å². The Morgan fingerprint density at radius 3 is 3.09 bits per heavy atom. The Morgan fingerprint density at radius 2 is 2.45 bits per heavy atom. The van der Waals surface area contributed by atoms with E-state index in [9.17, 15) is 0 Å². The number of nitrogens with zero attached hydrogens (tertiary/aromatic N) is 2. The van der Waals surface area contributed by atoms with Crippen LogP contribution in [0, 0.1) is 18.3 Å². The van der Waals surface area contributed by atoms with Crippen molar-refractivity contribution in [2.75, 3.05) is 0 Å². The average molecular weight is 144 g/mol. The first-order valence-electron chi connectivity index (χ1n) is 3.32.